The molecule has 1 N–H and O–H groups in total. The number of amides is 1. The summed E-state index contributed by atoms with van der Waals surface area (Å²) < 4.78 is 0. The van der Waals surface area contributed by atoms with Crippen LogP contribution in [0.1, 0.15) is 45.9 Å². The molecule has 26 heavy (non-hydrogen) atoms. The maximum atomic E-state index is 12.7. The molecule has 3 nitrogen and oxygen atoms in total. The highest BCUT2D eigenvalue weighted by molar-refractivity contribution is 6.30. The first kappa shape index (κ1) is 17.2. The van der Waals surface area contributed by atoms with Crippen LogP contribution in [0.15, 0.2) is 42.5 Å². The van der Waals surface area contributed by atoms with Crippen LogP contribution in [0.4, 0.5) is 0 Å². The van der Waals surface area contributed by atoms with Gasteiger partial charge in [0.1, 0.15) is 0 Å². The molecule has 2 aromatic carbocycles. The predicted octanol–water partition coefficient (Wildman–Crippen LogP) is 5.46. The third-order valence-corrected chi connectivity index (χ3v) is 5.75. The number of likely N-dealkylation sites (tertiary alicyclic amines) is 1. The molecule has 1 fully saturated rings. The van der Waals surface area contributed by atoms with Gasteiger partial charge in [-0.2, -0.15) is 0 Å². The number of halogens is 1. The number of carbonyl (C=O) groups excluding carboxylic acids is 1. The topological polar surface area (TPSA) is 36.1 Å². The quantitative estimate of drug-likeness (QED) is 0.642. The van der Waals surface area contributed by atoms with E-state index in [0.29, 0.717) is 16.5 Å². The molecule has 134 valence electrons. The second kappa shape index (κ2) is 6.81. The Hall–Kier alpha value is -2.26. The third kappa shape index (κ3) is 3.12. The fourth-order valence-corrected chi connectivity index (χ4v) is 4.24. The molecular formula is C22H23ClN2O. The van der Waals surface area contributed by atoms with Crippen molar-refractivity contribution >= 4 is 28.4 Å². The van der Waals surface area contributed by atoms with E-state index in [9.17, 15) is 4.79 Å². The van der Waals surface area contributed by atoms with Gasteiger partial charge in [0, 0.05) is 46.2 Å². The van der Waals surface area contributed by atoms with Crippen LogP contribution in [-0.2, 0) is 0 Å². The fraction of sp³-hybridized carbons (Fsp3) is 0.318. The molecule has 0 radical (unpaired) electrons. The second-order valence-corrected chi connectivity index (χ2v) is 7.73. The van der Waals surface area contributed by atoms with Gasteiger partial charge in [0.2, 0.25) is 0 Å². The van der Waals surface area contributed by atoms with Crippen molar-refractivity contribution in [2.24, 2.45) is 0 Å². The molecule has 0 spiro atoms. The summed E-state index contributed by atoms with van der Waals surface area (Å²) in [6.07, 6.45) is 1.97. The predicted molar refractivity (Wildman–Crippen MR) is 107 cm³/mol. The van der Waals surface area contributed by atoms with E-state index in [-0.39, 0.29) is 5.91 Å². The molecule has 3 aromatic rings. The van der Waals surface area contributed by atoms with Gasteiger partial charge >= 0.3 is 0 Å². The molecule has 1 saturated heterocycles. The lowest BCUT2D eigenvalue weighted by molar-refractivity contribution is 0.0712. The van der Waals surface area contributed by atoms with Gasteiger partial charge in [-0.1, -0.05) is 29.3 Å². The molecule has 0 saturated carbocycles. The first-order chi connectivity index (χ1) is 12.5. The van der Waals surface area contributed by atoms with Gasteiger partial charge in [-0.25, -0.2) is 0 Å². The number of piperidine rings is 1. The minimum Gasteiger partial charge on any atom is -0.358 e. The van der Waals surface area contributed by atoms with Gasteiger partial charge in [-0.05, 0) is 62.6 Å². The first-order valence-electron chi connectivity index (χ1n) is 9.16. The lowest BCUT2D eigenvalue weighted by Crippen LogP contribution is -2.38. The van der Waals surface area contributed by atoms with Crippen molar-refractivity contribution in [3.63, 3.8) is 0 Å². The van der Waals surface area contributed by atoms with E-state index in [0.717, 1.165) is 25.9 Å². The van der Waals surface area contributed by atoms with Crippen LogP contribution in [0.2, 0.25) is 5.02 Å². The van der Waals surface area contributed by atoms with E-state index in [2.05, 4.69) is 37.0 Å². The molecule has 4 rings (SSSR count). The van der Waals surface area contributed by atoms with E-state index >= 15 is 0 Å². The maximum absolute atomic E-state index is 12.7. The number of carbonyl (C=O) groups is 1. The lowest BCUT2D eigenvalue weighted by atomic mass is 9.91. The van der Waals surface area contributed by atoms with Gasteiger partial charge < -0.3 is 9.88 Å². The average Bonchev–Trinajstić information content (AvgIpc) is 2.97. The number of fused-ring (bicyclic) bond motifs is 1. The van der Waals surface area contributed by atoms with Crippen molar-refractivity contribution in [1.29, 1.82) is 0 Å². The number of aryl methyl sites for hydroxylation is 2. The van der Waals surface area contributed by atoms with E-state index in [4.69, 9.17) is 11.6 Å². The summed E-state index contributed by atoms with van der Waals surface area (Å²) in [5.74, 6) is 0.557. The maximum Gasteiger partial charge on any atom is 0.253 e. The molecule has 1 aromatic heterocycles. The summed E-state index contributed by atoms with van der Waals surface area (Å²) in [5, 5.41) is 1.92. The Morgan fingerprint density at radius 1 is 1.12 bits per heavy atom. The van der Waals surface area contributed by atoms with Crippen molar-refractivity contribution in [3.05, 3.63) is 69.9 Å². The third-order valence-electron chi connectivity index (χ3n) is 5.51. The van der Waals surface area contributed by atoms with E-state index < -0.39 is 0 Å². The minimum atomic E-state index is 0.0787. The zero-order chi connectivity index (χ0) is 18.3. The average molecular weight is 367 g/mol. The van der Waals surface area contributed by atoms with Gasteiger partial charge in [-0.3, -0.25) is 4.79 Å². The van der Waals surface area contributed by atoms with Crippen LogP contribution in [0.3, 0.4) is 0 Å². The standard InChI is InChI=1S/C22H23ClN2O/c1-14-6-7-20-19(12-14)15(2)21(24-20)16-8-10-25(11-9-16)22(26)17-4-3-5-18(23)13-17/h3-7,12-13,16,24H,8-11H2,1-2H3. The molecule has 2 heterocycles. The number of H-pyrrole nitrogens is 1. The van der Waals surface area contributed by atoms with Crippen LogP contribution in [0.25, 0.3) is 10.9 Å². The van der Waals surface area contributed by atoms with Crippen molar-refractivity contribution in [2.75, 3.05) is 13.1 Å². The monoisotopic (exact) mass is 366 g/mol. The van der Waals surface area contributed by atoms with Crippen LogP contribution >= 0.6 is 11.6 Å². The number of nitrogens with zero attached hydrogens (tertiary/aromatic N) is 1. The molecule has 4 heteroatoms. The normalized spacial score (nSPS) is 15.6. The molecule has 0 aliphatic carbocycles. The number of aromatic nitrogens is 1. The first-order valence-corrected chi connectivity index (χ1v) is 9.54. The Bertz CT molecular complexity index is 967. The SMILES string of the molecule is Cc1ccc2[nH]c(C3CCN(C(=O)c4cccc(Cl)c4)CC3)c(C)c2c1. The molecule has 0 bridgehead atoms. The zero-order valence-corrected chi connectivity index (χ0v) is 15.9. The summed E-state index contributed by atoms with van der Waals surface area (Å²) in [6, 6.07) is 13.8. The summed E-state index contributed by atoms with van der Waals surface area (Å²) >= 11 is 6.02. The van der Waals surface area contributed by atoms with Crippen molar-refractivity contribution < 1.29 is 4.79 Å². The van der Waals surface area contributed by atoms with E-state index in [1.54, 1.807) is 12.1 Å². The Balaban J connectivity index is 1.50. The van der Waals surface area contributed by atoms with Gasteiger partial charge in [0.15, 0.2) is 0 Å². The second-order valence-electron chi connectivity index (χ2n) is 7.29. The lowest BCUT2D eigenvalue weighted by Gasteiger charge is -2.32. The molecule has 1 amide bonds. The number of hydrogen-bond acceptors (Lipinski definition) is 1. The minimum absolute atomic E-state index is 0.0787. The van der Waals surface area contributed by atoms with Crippen molar-refractivity contribution in [1.82, 2.24) is 9.88 Å². The largest absolute Gasteiger partial charge is 0.358 e. The summed E-state index contributed by atoms with van der Waals surface area (Å²) in [6.45, 7) is 5.90. The number of rotatable bonds is 2. The molecule has 0 atom stereocenters. The van der Waals surface area contributed by atoms with Gasteiger partial charge in [-0.15, -0.1) is 0 Å². The highest BCUT2D eigenvalue weighted by Gasteiger charge is 2.27. The van der Waals surface area contributed by atoms with Crippen LogP contribution in [-0.4, -0.2) is 28.9 Å². The highest BCUT2D eigenvalue weighted by atomic mass is 35.5. The number of nitrogens with one attached hydrogen (secondary N) is 1. The van der Waals surface area contributed by atoms with Crippen LogP contribution in [0, 0.1) is 13.8 Å². The molecule has 1 aliphatic rings. The highest BCUT2D eigenvalue weighted by Crippen LogP contribution is 2.34. The Labute approximate surface area is 159 Å². The van der Waals surface area contributed by atoms with E-state index in [1.807, 2.05) is 17.0 Å². The molecule has 0 unspecified atom stereocenters. The Kier molecular flexibility index (Phi) is 4.49. The van der Waals surface area contributed by atoms with Crippen LogP contribution in [0.5, 0.6) is 0 Å². The number of benzene rings is 2. The number of hydrogen-bond donors (Lipinski definition) is 1. The molecular weight excluding hydrogens is 344 g/mol. The summed E-state index contributed by atoms with van der Waals surface area (Å²) in [5.41, 5.74) is 5.85. The van der Waals surface area contributed by atoms with Crippen molar-refractivity contribution in [3.8, 4) is 0 Å². The fourth-order valence-electron chi connectivity index (χ4n) is 4.04. The Morgan fingerprint density at radius 2 is 1.88 bits per heavy atom. The Morgan fingerprint density at radius 3 is 2.62 bits per heavy atom. The number of aromatic amines is 1. The summed E-state index contributed by atoms with van der Waals surface area (Å²) in [4.78, 5) is 18.3. The van der Waals surface area contributed by atoms with Gasteiger partial charge in [0.25, 0.3) is 5.91 Å². The van der Waals surface area contributed by atoms with Gasteiger partial charge in [0.05, 0.1) is 0 Å². The molecule has 1 aliphatic heterocycles. The van der Waals surface area contributed by atoms with E-state index in [1.165, 1.54) is 27.7 Å². The van der Waals surface area contributed by atoms with Crippen LogP contribution < -0.4 is 0 Å². The summed E-state index contributed by atoms with van der Waals surface area (Å²) in [7, 11) is 0. The smallest absolute Gasteiger partial charge is 0.253 e. The van der Waals surface area contributed by atoms with Crippen molar-refractivity contribution in [2.45, 2.75) is 32.6 Å². The zero-order valence-electron chi connectivity index (χ0n) is 15.2.